The van der Waals surface area contributed by atoms with E-state index in [0.717, 1.165) is 18.2 Å². The Kier molecular flexibility index (Phi) is 7.30. The molecule has 0 heterocycles. The number of sulfonamides is 1. The average Bonchev–Trinajstić information content (AvgIpc) is 2.67. The number of nitrogens with one attached hydrogen (secondary N) is 1. The summed E-state index contributed by atoms with van der Waals surface area (Å²) < 4.78 is 30.1. The second-order valence-electron chi connectivity index (χ2n) is 7.30. The van der Waals surface area contributed by atoms with Crippen LogP contribution in [0.1, 0.15) is 43.0 Å². The number of carbonyl (C=O) groups excluding carboxylic acids is 1. The Bertz CT molecular complexity index is 955. The molecule has 0 unspecified atom stereocenters. The standard InChI is InChI=1S/C22H30N2O4S/c1-7-21(18-9-8-15(2)16(3)14-18)23-22(25)17(4)28-20-12-10-19(11-13-20)24(5)29(6,26)27/h8-14,17,21H,7H2,1-6H3,(H,23,25)/t17-,21+/m0/s1. The lowest BCUT2D eigenvalue weighted by Crippen LogP contribution is -2.38. The minimum absolute atomic E-state index is 0.0846. The van der Waals surface area contributed by atoms with Crippen LogP contribution in [-0.2, 0) is 14.8 Å². The van der Waals surface area contributed by atoms with Crippen LogP contribution in [0.4, 0.5) is 5.69 Å². The van der Waals surface area contributed by atoms with Gasteiger partial charge in [0.25, 0.3) is 5.91 Å². The summed E-state index contributed by atoms with van der Waals surface area (Å²) in [6, 6.07) is 12.7. The first-order valence-electron chi connectivity index (χ1n) is 9.61. The summed E-state index contributed by atoms with van der Waals surface area (Å²) in [5.41, 5.74) is 4.01. The maximum Gasteiger partial charge on any atom is 0.261 e. The van der Waals surface area contributed by atoms with E-state index in [1.165, 1.54) is 22.5 Å². The quantitative estimate of drug-likeness (QED) is 0.709. The van der Waals surface area contributed by atoms with Crippen molar-refractivity contribution in [1.82, 2.24) is 5.32 Å². The van der Waals surface area contributed by atoms with Gasteiger partial charge in [0, 0.05) is 7.05 Å². The molecule has 0 bridgehead atoms. The molecule has 2 rings (SSSR count). The first-order valence-corrected chi connectivity index (χ1v) is 11.5. The fraction of sp³-hybridized carbons (Fsp3) is 0.409. The molecule has 158 valence electrons. The molecule has 1 amide bonds. The van der Waals surface area contributed by atoms with Gasteiger partial charge in [-0.25, -0.2) is 8.42 Å². The zero-order valence-electron chi connectivity index (χ0n) is 17.9. The Labute approximate surface area is 173 Å². The third-order valence-corrected chi connectivity index (χ3v) is 6.24. The van der Waals surface area contributed by atoms with Gasteiger partial charge in [0.15, 0.2) is 6.10 Å². The molecule has 0 saturated carbocycles. The zero-order chi connectivity index (χ0) is 21.8. The maximum atomic E-state index is 12.6. The van der Waals surface area contributed by atoms with Crippen LogP contribution in [-0.4, -0.2) is 33.7 Å². The Balaban J connectivity index is 2.03. The van der Waals surface area contributed by atoms with Crippen LogP contribution in [0.15, 0.2) is 42.5 Å². The van der Waals surface area contributed by atoms with E-state index in [-0.39, 0.29) is 11.9 Å². The minimum atomic E-state index is -3.33. The van der Waals surface area contributed by atoms with E-state index >= 15 is 0 Å². The van der Waals surface area contributed by atoms with Gasteiger partial charge in [-0.3, -0.25) is 9.10 Å². The molecule has 0 aromatic heterocycles. The molecule has 0 saturated heterocycles. The van der Waals surface area contributed by atoms with Crippen molar-refractivity contribution in [2.45, 2.75) is 46.3 Å². The van der Waals surface area contributed by atoms with Crippen LogP contribution in [0.2, 0.25) is 0 Å². The van der Waals surface area contributed by atoms with Crippen LogP contribution >= 0.6 is 0 Å². The molecule has 1 N–H and O–H groups in total. The lowest BCUT2D eigenvalue weighted by atomic mass is 9.99. The normalized spacial score (nSPS) is 13.4. The van der Waals surface area contributed by atoms with Gasteiger partial charge in [0.1, 0.15) is 5.75 Å². The van der Waals surface area contributed by atoms with Gasteiger partial charge in [-0.2, -0.15) is 0 Å². The van der Waals surface area contributed by atoms with E-state index in [4.69, 9.17) is 4.74 Å². The lowest BCUT2D eigenvalue weighted by molar-refractivity contribution is -0.128. The molecule has 0 aliphatic rings. The lowest BCUT2D eigenvalue weighted by Gasteiger charge is -2.22. The predicted octanol–water partition coefficient (Wildman–Crippen LogP) is 3.73. The van der Waals surface area contributed by atoms with Crippen molar-refractivity contribution in [1.29, 1.82) is 0 Å². The van der Waals surface area contributed by atoms with E-state index in [2.05, 4.69) is 31.3 Å². The highest BCUT2D eigenvalue weighted by Crippen LogP contribution is 2.22. The predicted molar refractivity (Wildman–Crippen MR) is 117 cm³/mol. The highest BCUT2D eigenvalue weighted by molar-refractivity contribution is 7.92. The summed E-state index contributed by atoms with van der Waals surface area (Å²) in [6.07, 6.45) is 1.23. The molecule has 2 aromatic rings. The van der Waals surface area contributed by atoms with Crippen LogP contribution in [0, 0.1) is 13.8 Å². The number of ether oxygens (including phenoxy) is 1. The summed E-state index contributed by atoms with van der Waals surface area (Å²) in [5.74, 6) is 0.296. The van der Waals surface area contributed by atoms with E-state index in [9.17, 15) is 13.2 Å². The minimum Gasteiger partial charge on any atom is -0.481 e. The second kappa shape index (κ2) is 9.31. The zero-order valence-corrected chi connectivity index (χ0v) is 18.7. The number of amides is 1. The van der Waals surface area contributed by atoms with Crippen molar-refractivity contribution < 1.29 is 17.9 Å². The summed E-state index contributed by atoms with van der Waals surface area (Å²) in [4.78, 5) is 12.6. The molecule has 7 heteroatoms. The molecule has 0 aliphatic heterocycles. The van der Waals surface area contributed by atoms with Crippen molar-refractivity contribution in [3.63, 3.8) is 0 Å². The summed E-state index contributed by atoms with van der Waals surface area (Å²) >= 11 is 0. The topological polar surface area (TPSA) is 75.7 Å². The molecule has 29 heavy (non-hydrogen) atoms. The smallest absolute Gasteiger partial charge is 0.261 e. The van der Waals surface area contributed by atoms with Gasteiger partial charge < -0.3 is 10.1 Å². The summed E-state index contributed by atoms with van der Waals surface area (Å²) in [5, 5.41) is 3.05. The first kappa shape index (κ1) is 22.7. The van der Waals surface area contributed by atoms with E-state index in [1.807, 2.05) is 13.0 Å². The third kappa shape index (κ3) is 5.97. The van der Waals surface area contributed by atoms with Crippen molar-refractivity contribution >= 4 is 21.6 Å². The van der Waals surface area contributed by atoms with E-state index < -0.39 is 16.1 Å². The molecule has 0 spiro atoms. The number of hydrogen-bond donors (Lipinski definition) is 1. The van der Waals surface area contributed by atoms with Crippen LogP contribution in [0.25, 0.3) is 0 Å². The van der Waals surface area contributed by atoms with Gasteiger partial charge >= 0.3 is 0 Å². The highest BCUT2D eigenvalue weighted by atomic mass is 32.2. The fourth-order valence-corrected chi connectivity index (χ4v) is 3.38. The van der Waals surface area contributed by atoms with Crippen LogP contribution in [0.3, 0.4) is 0 Å². The molecule has 0 aliphatic carbocycles. The average molecular weight is 419 g/mol. The molecule has 2 aromatic carbocycles. The third-order valence-electron chi connectivity index (χ3n) is 5.04. The van der Waals surface area contributed by atoms with E-state index in [0.29, 0.717) is 11.4 Å². The van der Waals surface area contributed by atoms with Crippen molar-refractivity contribution in [2.24, 2.45) is 0 Å². The van der Waals surface area contributed by atoms with Crippen molar-refractivity contribution in [3.05, 3.63) is 59.2 Å². The summed E-state index contributed by atoms with van der Waals surface area (Å²) in [7, 11) is -1.84. The molecule has 2 atom stereocenters. The van der Waals surface area contributed by atoms with Crippen LogP contribution in [0.5, 0.6) is 5.75 Å². The van der Waals surface area contributed by atoms with Gasteiger partial charge in [0.05, 0.1) is 18.0 Å². The molecule has 0 radical (unpaired) electrons. The maximum absolute atomic E-state index is 12.6. The Morgan fingerprint density at radius 1 is 1.10 bits per heavy atom. The van der Waals surface area contributed by atoms with Gasteiger partial charge in [-0.1, -0.05) is 25.1 Å². The number of anilines is 1. The second-order valence-corrected chi connectivity index (χ2v) is 9.31. The monoisotopic (exact) mass is 418 g/mol. The van der Waals surface area contributed by atoms with Gasteiger partial charge in [0.2, 0.25) is 10.0 Å². The Hall–Kier alpha value is -2.54. The number of benzene rings is 2. The van der Waals surface area contributed by atoms with E-state index in [1.54, 1.807) is 31.2 Å². The molecule has 6 nitrogen and oxygen atoms in total. The van der Waals surface area contributed by atoms with Crippen molar-refractivity contribution in [2.75, 3.05) is 17.6 Å². The number of aryl methyl sites for hydroxylation is 2. The Morgan fingerprint density at radius 2 is 1.72 bits per heavy atom. The highest BCUT2D eigenvalue weighted by Gasteiger charge is 2.20. The number of hydrogen-bond acceptors (Lipinski definition) is 4. The number of nitrogens with zero attached hydrogens (tertiary/aromatic N) is 1. The largest absolute Gasteiger partial charge is 0.481 e. The molecular weight excluding hydrogens is 388 g/mol. The first-order chi connectivity index (χ1) is 13.5. The van der Waals surface area contributed by atoms with Gasteiger partial charge in [-0.05, 0) is 68.1 Å². The Morgan fingerprint density at radius 3 is 2.24 bits per heavy atom. The molecular formula is C22H30N2O4S. The van der Waals surface area contributed by atoms with Crippen LogP contribution < -0.4 is 14.4 Å². The molecule has 0 fully saturated rings. The number of rotatable bonds is 8. The van der Waals surface area contributed by atoms with Gasteiger partial charge in [-0.15, -0.1) is 0 Å². The van der Waals surface area contributed by atoms with Crippen molar-refractivity contribution in [3.8, 4) is 5.75 Å². The summed E-state index contributed by atoms with van der Waals surface area (Å²) in [6.45, 7) is 7.85. The SMILES string of the molecule is CC[C@@H](NC(=O)[C@H](C)Oc1ccc(N(C)S(C)(=O)=O)cc1)c1ccc(C)c(C)c1. The fourth-order valence-electron chi connectivity index (χ4n) is 2.88. The number of carbonyl (C=O) groups is 1.